The van der Waals surface area contributed by atoms with E-state index in [-0.39, 0.29) is 35.8 Å². The monoisotopic (exact) mass is 487 g/mol. The lowest BCUT2D eigenvalue weighted by Gasteiger charge is -2.35. The summed E-state index contributed by atoms with van der Waals surface area (Å²) in [6.07, 6.45) is -2.28. The molecule has 2 aliphatic heterocycles. The number of fused-ring (bicyclic) bond motifs is 2. The van der Waals surface area contributed by atoms with Crippen LogP contribution in [-0.2, 0) is 27.9 Å². The molecule has 2 fully saturated rings. The van der Waals surface area contributed by atoms with E-state index in [9.17, 15) is 9.36 Å². The zero-order chi connectivity index (χ0) is 24.2. The zero-order valence-corrected chi connectivity index (χ0v) is 19.5. The summed E-state index contributed by atoms with van der Waals surface area (Å²) in [5, 5.41) is 6.37. The second-order valence-corrected chi connectivity index (χ2v) is 11.1. The van der Waals surface area contributed by atoms with E-state index in [1.165, 1.54) is 24.0 Å². The van der Waals surface area contributed by atoms with E-state index >= 15 is 4.39 Å². The first-order chi connectivity index (χ1) is 15.3. The van der Waals surface area contributed by atoms with Crippen molar-refractivity contribution in [2.75, 3.05) is 18.9 Å². The van der Waals surface area contributed by atoms with Crippen LogP contribution in [0.4, 0.5) is 10.2 Å². The van der Waals surface area contributed by atoms with Crippen molar-refractivity contribution in [2.45, 2.75) is 57.8 Å². The minimum absolute atomic E-state index is 0.101. The summed E-state index contributed by atoms with van der Waals surface area (Å²) in [5.74, 6) is -0.728. The van der Waals surface area contributed by atoms with E-state index < -0.39 is 43.9 Å². The van der Waals surface area contributed by atoms with Gasteiger partial charge < -0.3 is 20.9 Å². The van der Waals surface area contributed by atoms with Crippen LogP contribution in [-0.4, -0.2) is 62.8 Å². The third-order valence-electron chi connectivity index (χ3n) is 5.20. The van der Waals surface area contributed by atoms with Gasteiger partial charge in [-0.3, -0.25) is 9.05 Å². The molecule has 0 amide bonds. The van der Waals surface area contributed by atoms with Gasteiger partial charge in [-0.25, -0.2) is 28.2 Å². The van der Waals surface area contributed by atoms with Gasteiger partial charge in [0.05, 0.1) is 25.1 Å². The standard InChI is InChI=1S/C18H27FN7O6P/c1-17(2,3)7-29-16(27)14(21)25-33(28)30-6-10-12(32-33)18(4,19)11(31-10)9-5-22-15-13(20)23-8-24-26(9)15/h5,8,10-12,14H,6-7,21H2,1-4H3,(H,25,28)(H2,20,23,24)/t10-,11+,12-,14?,18+,33?/m1/s1. The van der Waals surface area contributed by atoms with E-state index in [1.54, 1.807) is 0 Å². The molecule has 2 aromatic heterocycles. The summed E-state index contributed by atoms with van der Waals surface area (Å²) < 4.78 is 52.2. The Labute approximate surface area is 188 Å². The number of aromatic nitrogens is 4. The van der Waals surface area contributed by atoms with E-state index in [0.29, 0.717) is 0 Å². The Morgan fingerprint density at radius 1 is 1.48 bits per heavy atom. The highest BCUT2D eigenvalue weighted by Gasteiger charge is 2.61. The Morgan fingerprint density at radius 3 is 2.91 bits per heavy atom. The van der Waals surface area contributed by atoms with Crippen LogP contribution >= 0.6 is 7.75 Å². The average molecular weight is 487 g/mol. The molecule has 13 nitrogen and oxygen atoms in total. The number of nitrogens with zero attached hydrogens (tertiary/aromatic N) is 4. The highest BCUT2D eigenvalue weighted by Crippen LogP contribution is 2.57. The Kier molecular flexibility index (Phi) is 5.96. The molecule has 4 rings (SSSR count). The molecule has 0 spiro atoms. The molecule has 4 heterocycles. The van der Waals surface area contributed by atoms with Crippen molar-refractivity contribution >= 4 is 25.2 Å². The molecule has 182 valence electrons. The predicted octanol–water partition coefficient (Wildman–Crippen LogP) is 0.862. The number of hydrogen-bond acceptors (Lipinski definition) is 11. The van der Waals surface area contributed by atoms with Gasteiger partial charge in [0.1, 0.15) is 24.6 Å². The van der Waals surface area contributed by atoms with Gasteiger partial charge >= 0.3 is 13.7 Å². The number of hydrogen-bond donors (Lipinski definition) is 3. The topological polar surface area (TPSA) is 178 Å². The first kappa shape index (κ1) is 23.9. The van der Waals surface area contributed by atoms with Crippen LogP contribution in [0.1, 0.15) is 39.5 Å². The maximum absolute atomic E-state index is 16.0. The van der Waals surface area contributed by atoms with Crippen molar-refractivity contribution in [3.8, 4) is 0 Å². The summed E-state index contributed by atoms with van der Waals surface area (Å²) in [6.45, 7) is 6.71. The van der Waals surface area contributed by atoms with E-state index in [2.05, 4.69) is 20.2 Å². The van der Waals surface area contributed by atoms with E-state index in [1.807, 2.05) is 20.8 Å². The summed E-state index contributed by atoms with van der Waals surface area (Å²) in [4.78, 5) is 20.1. The minimum atomic E-state index is -4.16. The number of anilines is 1. The molecule has 5 N–H and O–H groups in total. The fraction of sp³-hybridized carbons (Fsp3) is 0.667. The van der Waals surface area contributed by atoms with Gasteiger partial charge in [-0.15, -0.1) is 0 Å². The molecular formula is C18H27FN7O6P. The number of alkyl halides is 1. The number of ether oxygens (including phenoxy) is 2. The lowest BCUT2D eigenvalue weighted by molar-refractivity contribution is -0.148. The number of nitrogen functional groups attached to an aromatic ring is 1. The van der Waals surface area contributed by atoms with Crippen molar-refractivity contribution in [1.82, 2.24) is 24.7 Å². The highest BCUT2D eigenvalue weighted by atomic mass is 31.2. The average Bonchev–Trinajstić information content (AvgIpc) is 3.25. The fourth-order valence-corrected chi connectivity index (χ4v) is 5.23. The number of nitrogens with two attached hydrogens (primary N) is 2. The summed E-state index contributed by atoms with van der Waals surface area (Å²) in [6, 6.07) is 0. The molecular weight excluding hydrogens is 460 g/mol. The van der Waals surface area contributed by atoms with Gasteiger partial charge in [-0.2, -0.15) is 10.2 Å². The maximum Gasteiger partial charge on any atom is 0.407 e. The number of carbonyl (C=O) groups excluding carboxylic acids is 1. The largest absolute Gasteiger partial charge is 0.463 e. The van der Waals surface area contributed by atoms with Gasteiger partial charge in [0.15, 0.2) is 23.3 Å². The third-order valence-corrected chi connectivity index (χ3v) is 6.79. The van der Waals surface area contributed by atoms with Crippen LogP contribution in [0.25, 0.3) is 5.65 Å². The SMILES string of the molecule is CC(C)(C)COC(=O)C(N)NP1(=O)OC[C@H]2O[C@@H](c3cnc4c(N)ncnn34)[C@](C)(F)[C@@H]2O1. The molecule has 15 heteroatoms. The predicted molar refractivity (Wildman–Crippen MR) is 112 cm³/mol. The molecule has 2 unspecified atom stereocenters. The summed E-state index contributed by atoms with van der Waals surface area (Å²) in [5.41, 5.74) is 9.62. The van der Waals surface area contributed by atoms with Gasteiger partial charge in [0.25, 0.3) is 0 Å². The summed E-state index contributed by atoms with van der Waals surface area (Å²) >= 11 is 0. The van der Waals surface area contributed by atoms with E-state index in [0.717, 1.165) is 0 Å². The van der Waals surface area contributed by atoms with Crippen molar-refractivity contribution < 1.29 is 32.3 Å². The number of carbonyl (C=O) groups is 1. The minimum Gasteiger partial charge on any atom is -0.463 e. The molecule has 33 heavy (non-hydrogen) atoms. The van der Waals surface area contributed by atoms with Gasteiger partial charge in [0, 0.05) is 0 Å². The zero-order valence-electron chi connectivity index (χ0n) is 18.6. The number of imidazole rings is 1. The second kappa shape index (κ2) is 8.22. The number of rotatable bonds is 5. The molecule has 2 aromatic rings. The van der Waals surface area contributed by atoms with Crippen molar-refractivity contribution in [2.24, 2.45) is 11.1 Å². The molecule has 0 aliphatic carbocycles. The van der Waals surface area contributed by atoms with Gasteiger partial charge in [0.2, 0.25) is 0 Å². The molecule has 2 saturated heterocycles. The first-order valence-electron chi connectivity index (χ1n) is 10.2. The van der Waals surface area contributed by atoms with Crippen LogP contribution in [0.15, 0.2) is 12.5 Å². The quantitative estimate of drug-likeness (QED) is 0.308. The number of nitrogens with one attached hydrogen (secondary N) is 1. The smallest absolute Gasteiger partial charge is 0.407 e. The second-order valence-electron chi connectivity index (χ2n) is 9.36. The van der Waals surface area contributed by atoms with Crippen molar-refractivity contribution in [1.29, 1.82) is 0 Å². The van der Waals surface area contributed by atoms with Crippen LogP contribution < -0.4 is 16.6 Å². The van der Waals surface area contributed by atoms with E-state index in [4.69, 9.17) is 30.0 Å². The molecule has 2 aliphatic rings. The summed E-state index contributed by atoms with van der Waals surface area (Å²) in [7, 11) is -4.16. The van der Waals surface area contributed by atoms with Crippen LogP contribution in [0.3, 0.4) is 0 Å². The lowest BCUT2D eigenvalue weighted by Crippen LogP contribution is -2.50. The molecule has 0 radical (unpaired) electrons. The third kappa shape index (κ3) is 4.59. The Morgan fingerprint density at radius 2 is 2.21 bits per heavy atom. The molecule has 6 atom stereocenters. The van der Waals surface area contributed by atoms with Gasteiger partial charge in [-0.05, 0) is 12.3 Å². The highest BCUT2D eigenvalue weighted by molar-refractivity contribution is 7.51. The van der Waals surface area contributed by atoms with Crippen LogP contribution in [0.2, 0.25) is 0 Å². The lowest BCUT2D eigenvalue weighted by atomic mass is 9.93. The molecule has 0 saturated carbocycles. The molecule has 0 aromatic carbocycles. The fourth-order valence-electron chi connectivity index (χ4n) is 3.60. The van der Waals surface area contributed by atoms with Crippen LogP contribution in [0, 0.1) is 5.41 Å². The van der Waals surface area contributed by atoms with Crippen molar-refractivity contribution in [3.63, 3.8) is 0 Å². The maximum atomic E-state index is 16.0. The van der Waals surface area contributed by atoms with Crippen LogP contribution in [0.5, 0.6) is 0 Å². The normalized spacial score (nSPS) is 33.1. The first-order valence-corrected chi connectivity index (χ1v) is 11.8. The van der Waals surface area contributed by atoms with Crippen molar-refractivity contribution in [3.05, 3.63) is 18.2 Å². The number of halogens is 1. The van der Waals surface area contributed by atoms with Gasteiger partial charge in [-0.1, -0.05) is 20.8 Å². The Bertz CT molecular complexity index is 1110. The Hall–Kier alpha value is -2.22. The Balaban J connectivity index is 1.50. The number of esters is 1. The molecule has 0 bridgehead atoms.